The van der Waals surface area contributed by atoms with E-state index in [0.717, 1.165) is 18.8 Å². The van der Waals surface area contributed by atoms with Crippen molar-refractivity contribution in [1.82, 2.24) is 9.97 Å². The summed E-state index contributed by atoms with van der Waals surface area (Å²) in [6.07, 6.45) is 6.52. The van der Waals surface area contributed by atoms with Gasteiger partial charge in [0.15, 0.2) is 0 Å². The number of nitrogens with one attached hydrogen (secondary N) is 1. The Morgan fingerprint density at radius 2 is 2.29 bits per heavy atom. The van der Waals surface area contributed by atoms with Gasteiger partial charge in [-0.15, -0.1) is 0 Å². The van der Waals surface area contributed by atoms with Gasteiger partial charge in [-0.25, -0.2) is 0 Å². The van der Waals surface area contributed by atoms with Crippen molar-refractivity contribution in [1.29, 1.82) is 0 Å². The molecule has 0 unspecified atom stereocenters. The molecule has 0 atom stereocenters. The normalized spacial score (nSPS) is 16.6. The lowest BCUT2D eigenvalue weighted by Gasteiger charge is -2.14. The second kappa shape index (κ2) is 5.31. The summed E-state index contributed by atoms with van der Waals surface area (Å²) in [6, 6.07) is 0. The number of aliphatic hydroxyl groups is 1. The third-order valence-electron chi connectivity index (χ3n) is 3.15. The molecule has 1 aliphatic carbocycles. The summed E-state index contributed by atoms with van der Waals surface area (Å²) in [7, 11) is 0. The minimum absolute atomic E-state index is 0.256. The number of rotatable bonds is 7. The van der Waals surface area contributed by atoms with E-state index in [0.29, 0.717) is 12.5 Å². The van der Waals surface area contributed by atoms with E-state index >= 15 is 0 Å². The molecule has 1 aliphatic rings. The summed E-state index contributed by atoms with van der Waals surface area (Å²) in [5, 5.41) is 12.2. The quantitative estimate of drug-likeness (QED) is 0.751. The zero-order valence-corrected chi connectivity index (χ0v) is 10.1. The number of ether oxygens (including phenoxy) is 1. The summed E-state index contributed by atoms with van der Waals surface area (Å²) >= 11 is 0. The molecular formula is C12H19N3O2. The van der Waals surface area contributed by atoms with E-state index in [9.17, 15) is 0 Å². The van der Waals surface area contributed by atoms with E-state index < -0.39 is 0 Å². The zero-order valence-electron chi connectivity index (χ0n) is 10.1. The van der Waals surface area contributed by atoms with Crippen LogP contribution in [0.15, 0.2) is 12.4 Å². The van der Waals surface area contributed by atoms with Crippen molar-refractivity contribution in [3.63, 3.8) is 0 Å². The monoisotopic (exact) mass is 237 g/mol. The molecule has 5 nitrogen and oxygen atoms in total. The topological polar surface area (TPSA) is 67.3 Å². The summed E-state index contributed by atoms with van der Waals surface area (Å²) in [4.78, 5) is 8.37. The SMILES string of the molecule is CCOc1cncc(NCC2(CCO)CC2)n1. The molecule has 17 heavy (non-hydrogen) atoms. The molecule has 0 aliphatic heterocycles. The fourth-order valence-electron chi connectivity index (χ4n) is 1.86. The van der Waals surface area contributed by atoms with Gasteiger partial charge in [0.1, 0.15) is 5.82 Å². The first-order valence-electron chi connectivity index (χ1n) is 6.07. The van der Waals surface area contributed by atoms with Crippen molar-refractivity contribution in [3.05, 3.63) is 12.4 Å². The van der Waals surface area contributed by atoms with Crippen LogP contribution in [0.4, 0.5) is 5.82 Å². The van der Waals surface area contributed by atoms with Gasteiger partial charge in [-0.3, -0.25) is 4.98 Å². The van der Waals surface area contributed by atoms with E-state index in [2.05, 4.69) is 15.3 Å². The molecule has 0 aromatic carbocycles. The molecule has 1 fully saturated rings. The predicted molar refractivity (Wildman–Crippen MR) is 65.1 cm³/mol. The van der Waals surface area contributed by atoms with Gasteiger partial charge in [0.25, 0.3) is 0 Å². The molecule has 2 rings (SSSR count). The number of anilines is 1. The van der Waals surface area contributed by atoms with Crippen LogP contribution < -0.4 is 10.1 Å². The van der Waals surface area contributed by atoms with E-state index in [-0.39, 0.29) is 12.0 Å². The molecule has 1 saturated carbocycles. The highest BCUT2D eigenvalue weighted by molar-refractivity contribution is 5.34. The fourth-order valence-corrected chi connectivity index (χ4v) is 1.86. The first-order chi connectivity index (χ1) is 8.28. The maximum absolute atomic E-state index is 8.98. The first kappa shape index (κ1) is 12.1. The van der Waals surface area contributed by atoms with Crippen molar-refractivity contribution in [2.24, 2.45) is 5.41 Å². The summed E-state index contributed by atoms with van der Waals surface area (Å²) in [6.45, 7) is 3.61. The van der Waals surface area contributed by atoms with Crippen LogP contribution in [0, 0.1) is 5.41 Å². The van der Waals surface area contributed by atoms with E-state index in [1.807, 2.05) is 6.92 Å². The van der Waals surface area contributed by atoms with Crippen LogP contribution in [0.5, 0.6) is 5.88 Å². The van der Waals surface area contributed by atoms with Crippen LogP contribution in [0.25, 0.3) is 0 Å². The lowest BCUT2D eigenvalue weighted by atomic mass is 10.0. The van der Waals surface area contributed by atoms with Crippen molar-refractivity contribution in [2.75, 3.05) is 25.1 Å². The Morgan fingerprint density at radius 1 is 1.47 bits per heavy atom. The van der Waals surface area contributed by atoms with Gasteiger partial charge in [0.2, 0.25) is 5.88 Å². The zero-order chi connectivity index (χ0) is 12.1. The number of nitrogens with zero attached hydrogens (tertiary/aromatic N) is 2. The molecule has 1 heterocycles. The molecule has 5 heteroatoms. The maximum atomic E-state index is 8.98. The Morgan fingerprint density at radius 3 is 2.94 bits per heavy atom. The number of aromatic nitrogens is 2. The molecular weight excluding hydrogens is 218 g/mol. The highest BCUT2D eigenvalue weighted by Gasteiger charge is 2.41. The van der Waals surface area contributed by atoms with Crippen molar-refractivity contribution < 1.29 is 9.84 Å². The molecule has 2 N–H and O–H groups in total. The molecule has 94 valence electrons. The molecule has 0 amide bonds. The van der Waals surface area contributed by atoms with Crippen molar-refractivity contribution in [3.8, 4) is 5.88 Å². The van der Waals surface area contributed by atoms with Crippen LogP contribution in [-0.2, 0) is 0 Å². The highest BCUT2D eigenvalue weighted by atomic mass is 16.5. The lowest BCUT2D eigenvalue weighted by Crippen LogP contribution is -2.17. The van der Waals surface area contributed by atoms with E-state index in [1.165, 1.54) is 12.8 Å². The van der Waals surface area contributed by atoms with Crippen LogP contribution in [0.1, 0.15) is 26.2 Å². The summed E-state index contributed by atoms with van der Waals surface area (Å²) < 4.78 is 5.29. The van der Waals surface area contributed by atoms with Crippen molar-refractivity contribution >= 4 is 5.82 Å². The molecule has 0 spiro atoms. The van der Waals surface area contributed by atoms with Gasteiger partial charge in [0.05, 0.1) is 19.0 Å². The molecule has 0 saturated heterocycles. The Kier molecular flexibility index (Phi) is 3.78. The maximum Gasteiger partial charge on any atom is 0.234 e. The summed E-state index contributed by atoms with van der Waals surface area (Å²) in [5.41, 5.74) is 0.276. The van der Waals surface area contributed by atoms with Gasteiger partial charge < -0.3 is 15.2 Å². The standard InChI is InChI=1S/C12H19N3O2/c1-2-17-11-8-13-7-10(15-11)14-9-12(3-4-12)5-6-16/h7-8,16H,2-6,9H2,1H3,(H,14,15). The molecule has 0 bridgehead atoms. The average molecular weight is 237 g/mol. The summed E-state index contributed by atoms with van der Waals surface area (Å²) in [5.74, 6) is 1.28. The molecule has 0 radical (unpaired) electrons. The first-order valence-corrected chi connectivity index (χ1v) is 6.07. The largest absolute Gasteiger partial charge is 0.477 e. The minimum atomic E-state index is 0.256. The molecule has 1 aromatic heterocycles. The number of hydrogen-bond acceptors (Lipinski definition) is 5. The van der Waals surface area contributed by atoms with Gasteiger partial charge in [-0.2, -0.15) is 4.98 Å². The van der Waals surface area contributed by atoms with E-state index in [1.54, 1.807) is 12.4 Å². The van der Waals surface area contributed by atoms with Crippen LogP contribution in [0.2, 0.25) is 0 Å². The second-order valence-corrected chi connectivity index (χ2v) is 4.50. The smallest absolute Gasteiger partial charge is 0.234 e. The predicted octanol–water partition coefficient (Wildman–Crippen LogP) is 1.45. The Bertz CT molecular complexity index is 367. The third-order valence-corrected chi connectivity index (χ3v) is 3.15. The minimum Gasteiger partial charge on any atom is -0.477 e. The van der Waals surface area contributed by atoms with Gasteiger partial charge in [-0.05, 0) is 31.6 Å². The Labute approximate surface area is 101 Å². The second-order valence-electron chi connectivity index (χ2n) is 4.50. The third kappa shape index (κ3) is 3.30. The number of aliphatic hydroxyl groups excluding tert-OH is 1. The Balaban J connectivity index is 1.88. The Hall–Kier alpha value is -1.36. The van der Waals surface area contributed by atoms with Crippen LogP contribution >= 0.6 is 0 Å². The highest BCUT2D eigenvalue weighted by Crippen LogP contribution is 2.48. The lowest BCUT2D eigenvalue weighted by molar-refractivity contribution is 0.253. The van der Waals surface area contributed by atoms with E-state index in [4.69, 9.17) is 9.84 Å². The molecule has 1 aromatic rings. The van der Waals surface area contributed by atoms with Crippen molar-refractivity contribution in [2.45, 2.75) is 26.2 Å². The van der Waals surface area contributed by atoms with Gasteiger partial charge >= 0.3 is 0 Å². The van der Waals surface area contributed by atoms with Gasteiger partial charge in [0, 0.05) is 13.2 Å². The average Bonchev–Trinajstić information content (AvgIpc) is 3.09. The van der Waals surface area contributed by atoms with Crippen LogP contribution in [-0.4, -0.2) is 34.8 Å². The van der Waals surface area contributed by atoms with Crippen LogP contribution in [0.3, 0.4) is 0 Å². The fraction of sp³-hybridized carbons (Fsp3) is 0.667. The number of hydrogen-bond donors (Lipinski definition) is 2. The van der Waals surface area contributed by atoms with Gasteiger partial charge in [-0.1, -0.05) is 0 Å².